The summed E-state index contributed by atoms with van der Waals surface area (Å²) in [6, 6.07) is 10.1. The van der Waals surface area contributed by atoms with Gasteiger partial charge >= 0.3 is 0 Å². The number of carbonyl (C=O) groups excluding carboxylic acids is 2. The summed E-state index contributed by atoms with van der Waals surface area (Å²) in [5.74, 6) is 0.689. The van der Waals surface area contributed by atoms with E-state index in [0.717, 1.165) is 24.1 Å². The van der Waals surface area contributed by atoms with Crippen molar-refractivity contribution in [1.82, 2.24) is 5.48 Å². The average molecular weight is 456 g/mol. The third kappa shape index (κ3) is 6.17. The van der Waals surface area contributed by atoms with Crippen LogP contribution in [0.3, 0.4) is 0 Å². The van der Waals surface area contributed by atoms with Crippen molar-refractivity contribution in [3.63, 3.8) is 0 Å². The zero-order valence-electron chi connectivity index (χ0n) is 18.8. The number of ether oxygens (including phenoxy) is 2. The van der Waals surface area contributed by atoms with Crippen molar-refractivity contribution in [1.29, 1.82) is 0 Å². The van der Waals surface area contributed by atoms with Crippen LogP contribution >= 0.6 is 0 Å². The molecule has 0 fully saturated rings. The number of phenolic OH excluding ortho intramolecular Hbond substituents is 1. The van der Waals surface area contributed by atoms with E-state index in [1.165, 1.54) is 12.1 Å². The average Bonchev–Trinajstić information content (AvgIpc) is 2.83. The molecule has 1 aliphatic heterocycles. The van der Waals surface area contributed by atoms with Gasteiger partial charge in [0.1, 0.15) is 5.75 Å². The molecule has 3 rings (SSSR count). The number of phenols is 1. The first-order valence-corrected chi connectivity index (χ1v) is 10.7. The molecule has 2 amide bonds. The minimum Gasteiger partial charge on any atom is -0.508 e. The maximum absolute atomic E-state index is 13.0. The number of methoxy groups -OCH3 is 2. The van der Waals surface area contributed by atoms with Crippen molar-refractivity contribution in [2.75, 3.05) is 31.0 Å². The highest BCUT2D eigenvalue weighted by molar-refractivity contribution is 6.05. The molecule has 0 unspecified atom stereocenters. The number of hydroxylamine groups is 1. The van der Waals surface area contributed by atoms with E-state index in [9.17, 15) is 14.7 Å². The lowest BCUT2D eigenvalue weighted by atomic mass is 9.97. The molecule has 1 aliphatic rings. The van der Waals surface area contributed by atoms with Crippen molar-refractivity contribution < 1.29 is 29.4 Å². The van der Waals surface area contributed by atoms with Gasteiger partial charge in [0.2, 0.25) is 5.91 Å². The maximum Gasteiger partial charge on any atom is 0.253 e. The van der Waals surface area contributed by atoms with Gasteiger partial charge in [-0.25, -0.2) is 5.48 Å². The van der Waals surface area contributed by atoms with Crippen LogP contribution < -0.4 is 25.2 Å². The molecule has 0 saturated carbocycles. The lowest BCUT2D eigenvalue weighted by Gasteiger charge is -2.30. The number of hydrogen-bond acceptors (Lipinski definition) is 7. The number of unbranched alkanes of at least 4 members (excludes halogenated alkanes) is 2. The van der Waals surface area contributed by atoms with Crippen molar-refractivity contribution in [3.8, 4) is 17.2 Å². The monoisotopic (exact) mass is 455 g/mol. The number of carbonyl (C=O) groups is 2. The minimum atomic E-state index is -0.400. The van der Waals surface area contributed by atoms with Gasteiger partial charge in [-0.1, -0.05) is 6.42 Å². The van der Waals surface area contributed by atoms with Gasteiger partial charge in [0.25, 0.3) is 5.91 Å². The predicted octanol–water partition coefficient (Wildman–Crippen LogP) is 3.36. The van der Waals surface area contributed by atoms with Gasteiger partial charge in [-0.05, 0) is 48.7 Å². The van der Waals surface area contributed by atoms with Crippen molar-refractivity contribution >= 4 is 23.2 Å². The van der Waals surface area contributed by atoms with Crippen molar-refractivity contribution in [2.45, 2.75) is 32.1 Å². The Bertz CT molecular complexity index is 1020. The number of anilines is 2. The van der Waals surface area contributed by atoms with Crippen LogP contribution in [0.5, 0.6) is 17.2 Å². The number of benzene rings is 2. The normalized spacial score (nSPS) is 12.5. The number of fused-ring (bicyclic) bond motifs is 1. The number of rotatable bonds is 10. The smallest absolute Gasteiger partial charge is 0.253 e. The van der Waals surface area contributed by atoms with E-state index in [1.807, 2.05) is 23.2 Å². The molecule has 1 heterocycles. The van der Waals surface area contributed by atoms with Crippen LogP contribution in [0.2, 0.25) is 0 Å². The van der Waals surface area contributed by atoms with Gasteiger partial charge in [-0.3, -0.25) is 14.8 Å². The van der Waals surface area contributed by atoms with E-state index in [1.54, 1.807) is 31.8 Å². The predicted molar refractivity (Wildman–Crippen MR) is 124 cm³/mol. The van der Waals surface area contributed by atoms with Gasteiger partial charge in [0, 0.05) is 48.6 Å². The van der Waals surface area contributed by atoms with Gasteiger partial charge in [-0.2, -0.15) is 0 Å². The molecule has 0 saturated heterocycles. The Hall–Kier alpha value is -3.72. The Morgan fingerprint density at radius 2 is 1.73 bits per heavy atom. The molecular weight excluding hydrogens is 426 g/mol. The zero-order valence-corrected chi connectivity index (χ0v) is 18.8. The molecule has 0 atom stereocenters. The molecule has 2 aromatic carbocycles. The largest absolute Gasteiger partial charge is 0.508 e. The first kappa shape index (κ1) is 23.9. The third-order valence-electron chi connectivity index (χ3n) is 5.43. The Labute approximate surface area is 192 Å². The molecular formula is C24H29N3O6. The molecule has 4 N–H and O–H groups in total. The summed E-state index contributed by atoms with van der Waals surface area (Å²) in [6.07, 6.45) is 4.74. The molecule has 9 heteroatoms. The number of aromatic hydroxyl groups is 1. The van der Waals surface area contributed by atoms with Crippen LogP contribution in [0.25, 0.3) is 0 Å². The minimum absolute atomic E-state index is 0.127. The van der Waals surface area contributed by atoms with E-state index in [4.69, 9.17) is 14.7 Å². The number of nitrogens with zero attached hydrogens (tertiary/aromatic N) is 1. The second-order valence-corrected chi connectivity index (χ2v) is 7.71. The Morgan fingerprint density at radius 1 is 1.03 bits per heavy atom. The summed E-state index contributed by atoms with van der Waals surface area (Å²) in [4.78, 5) is 26.2. The standard InChI is InChI=1S/C24H29N3O6/c1-32-21-13-16-12-17(24(30)25-18-7-9-19(28)10-8-18)15-27(20(16)14-22(21)33-2)11-5-3-4-6-23(29)26-31/h7-10,13-15,28,31H,3-6,11-12H2,1-2H3,(H,25,30)(H,26,29). The second kappa shape index (κ2) is 11.2. The summed E-state index contributed by atoms with van der Waals surface area (Å²) in [6.45, 7) is 0.638. The molecule has 9 nitrogen and oxygen atoms in total. The summed E-state index contributed by atoms with van der Waals surface area (Å²) < 4.78 is 10.9. The third-order valence-corrected chi connectivity index (χ3v) is 5.43. The number of nitrogens with one attached hydrogen (secondary N) is 2. The van der Waals surface area contributed by atoms with Crippen LogP contribution in [0.15, 0.2) is 48.2 Å². The molecule has 0 aliphatic carbocycles. The fourth-order valence-electron chi connectivity index (χ4n) is 3.71. The summed E-state index contributed by atoms with van der Waals surface area (Å²) in [7, 11) is 3.15. The van der Waals surface area contributed by atoms with E-state index < -0.39 is 5.91 Å². The summed E-state index contributed by atoms with van der Waals surface area (Å²) >= 11 is 0. The Morgan fingerprint density at radius 3 is 2.39 bits per heavy atom. The zero-order chi connectivity index (χ0) is 23.8. The maximum atomic E-state index is 13.0. The number of hydrogen-bond donors (Lipinski definition) is 4. The molecule has 0 bridgehead atoms. The van der Waals surface area contributed by atoms with Crippen LogP contribution in [0, 0.1) is 0 Å². The van der Waals surface area contributed by atoms with E-state index in [2.05, 4.69) is 5.32 Å². The van der Waals surface area contributed by atoms with Crippen LogP contribution in [-0.2, 0) is 16.0 Å². The Kier molecular flexibility index (Phi) is 8.15. The molecule has 0 radical (unpaired) electrons. The topological polar surface area (TPSA) is 120 Å². The SMILES string of the molecule is COc1cc2c(cc1OC)N(CCCCCC(=O)NO)C=C(C(=O)Nc1ccc(O)cc1)C2. The van der Waals surface area contributed by atoms with Crippen LogP contribution in [0.4, 0.5) is 11.4 Å². The summed E-state index contributed by atoms with van der Waals surface area (Å²) in [5, 5.41) is 20.9. The van der Waals surface area contributed by atoms with E-state index >= 15 is 0 Å². The highest BCUT2D eigenvalue weighted by Gasteiger charge is 2.24. The van der Waals surface area contributed by atoms with Gasteiger partial charge in [-0.15, -0.1) is 0 Å². The lowest BCUT2D eigenvalue weighted by molar-refractivity contribution is -0.129. The van der Waals surface area contributed by atoms with Crippen molar-refractivity contribution in [3.05, 3.63) is 53.7 Å². The first-order valence-electron chi connectivity index (χ1n) is 10.7. The number of amides is 2. The van der Waals surface area contributed by atoms with Crippen LogP contribution in [0.1, 0.15) is 31.2 Å². The van der Waals surface area contributed by atoms with Gasteiger partial charge in [0.15, 0.2) is 11.5 Å². The highest BCUT2D eigenvalue weighted by Crippen LogP contribution is 2.39. The van der Waals surface area contributed by atoms with Crippen LogP contribution in [-0.4, -0.2) is 42.9 Å². The molecule has 0 aromatic heterocycles. The van der Waals surface area contributed by atoms with Gasteiger partial charge in [0.05, 0.1) is 14.2 Å². The molecule has 2 aromatic rings. The molecule has 0 spiro atoms. The molecule has 176 valence electrons. The van der Waals surface area contributed by atoms with E-state index in [-0.39, 0.29) is 18.1 Å². The lowest BCUT2D eigenvalue weighted by Crippen LogP contribution is -2.28. The molecule has 33 heavy (non-hydrogen) atoms. The fraction of sp³-hybridized carbons (Fsp3) is 0.333. The van der Waals surface area contributed by atoms with Gasteiger partial charge < -0.3 is 24.8 Å². The second-order valence-electron chi connectivity index (χ2n) is 7.71. The summed E-state index contributed by atoms with van der Waals surface area (Å²) in [5.41, 5.74) is 4.68. The van der Waals surface area contributed by atoms with E-state index in [0.29, 0.717) is 42.1 Å². The quantitative estimate of drug-likeness (QED) is 0.188. The Balaban J connectivity index is 1.79. The first-order chi connectivity index (χ1) is 15.9. The fourth-order valence-corrected chi connectivity index (χ4v) is 3.71. The highest BCUT2D eigenvalue weighted by atomic mass is 16.5. The van der Waals surface area contributed by atoms with Crippen molar-refractivity contribution in [2.24, 2.45) is 0 Å².